The topological polar surface area (TPSA) is 123 Å². The highest BCUT2D eigenvalue weighted by molar-refractivity contribution is 5.99. The maximum Gasteiger partial charge on any atom is 0.273 e. The second-order valence-corrected chi connectivity index (χ2v) is 5.89. The molecule has 0 aromatic heterocycles. The molecule has 0 radical (unpaired) electrons. The van der Waals surface area contributed by atoms with Crippen LogP contribution in [0.1, 0.15) is 15.9 Å². The number of hydrazone groups is 1. The Balaban J connectivity index is 1.82. The summed E-state index contributed by atoms with van der Waals surface area (Å²) in [6.45, 7) is 2.51. The lowest BCUT2D eigenvalue weighted by Crippen LogP contribution is -2.36. The maximum atomic E-state index is 12.2. The van der Waals surface area contributed by atoms with E-state index in [9.17, 15) is 14.9 Å². The van der Waals surface area contributed by atoms with Crippen molar-refractivity contribution in [3.63, 3.8) is 0 Å². The first-order valence-corrected chi connectivity index (χ1v) is 8.35. The third kappa shape index (κ3) is 4.39. The summed E-state index contributed by atoms with van der Waals surface area (Å²) in [4.78, 5) is 24.9. The number of anilines is 2. The number of non-ortho nitro benzene ring substituents is 1. The lowest BCUT2D eigenvalue weighted by molar-refractivity contribution is -0.384. The molecule has 9 nitrogen and oxygen atoms in total. The highest BCUT2D eigenvalue weighted by Crippen LogP contribution is 2.25. The van der Waals surface area contributed by atoms with Crippen LogP contribution in [-0.2, 0) is 4.74 Å². The summed E-state index contributed by atoms with van der Waals surface area (Å²) in [5.74, 6) is -0.456. The zero-order valence-corrected chi connectivity index (χ0v) is 14.5. The number of nitrogens with zero attached hydrogens (tertiary/aromatic N) is 3. The van der Waals surface area contributed by atoms with Gasteiger partial charge in [-0.3, -0.25) is 14.9 Å². The predicted molar refractivity (Wildman–Crippen MR) is 102 cm³/mol. The van der Waals surface area contributed by atoms with E-state index in [0.29, 0.717) is 43.1 Å². The van der Waals surface area contributed by atoms with Crippen molar-refractivity contribution in [1.82, 2.24) is 5.43 Å². The van der Waals surface area contributed by atoms with Crippen molar-refractivity contribution < 1.29 is 14.5 Å². The number of nitro benzene ring substituents is 1. The molecule has 0 bridgehead atoms. The van der Waals surface area contributed by atoms with Crippen LogP contribution in [-0.4, -0.2) is 43.3 Å². The van der Waals surface area contributed by atoms with Gasteiger partial charge in [-0.25, -0.2) is 5.43 Å². The fraction of sp³-hybridized carbons (Fsp3) is 0.222. The molecule has 0 saturated carbocycles. The highest BCUT2D eigenvalue weighted by atomic mass is 16.6. The molecule has 9 heteroatoms. The number of para-hydroxylation sites is 1. The Labute approximate surface area is 155 Å². The fourth-order valence-corrected chi connectivity index (χ4v) is 2.78. The Kier molecular flexibility index (Phi) is 5.62. The minimum atomic E-state index is -0.469. The molecule has 1 amide bonds. The van der Waals surface area contributed by atoms with E-state index in [1.807, 2.05) is 0 Å². The number of nitro groups is 1. The monoisotopic (exact) mass is 369 g/mol. The van der Waals surface area contributed by atoms with Crippen LogP contribution < -0.4 is 16.1 Å². The van der Waals surface area contributed by atoms with E-state index in [4.69, 9.17) is 10.5 Å². The van der Waals surface area contributed by atoms with E-state index in [1.165, 1.54) is 18.3 Å². The average molecular weight is 369 g/mol. The van der Waals surface area contributed by atoms with Gasteiger partial charge in [0.05, 0.1) is 29.9 Å². The van der Waals surface area contributed by atoms with E-state index < -0.39 is 10.8 Å². The van der Waals surface area contributed by atoms with Crippen LogP contribution >= 0.6 is 0 Å². The van der Waals surface area contributed by atoms with Gasteiger partial charge in [-0.2, -0.15) is 5.10 Å². The van der Waals surface area contributed by atoms with Crippen molar-refractivity contribution in [1.29, 1.82) is 0 Å². The van der Waals surface area contributed by atoms with Crippen LogP contribution in [0.5, 0.6) is 0 Å². The number of nitrogens with two attached hydrogens (primary N) is 1. The molecule has 1 saturated heterocycles. The third-order valence-electron chi connectivity index (χ3n) is 4.15. The minimum absolute atomic E-state index is 0.0490. The van der Waals surface area contributed by atoms with Crippen molar-refractivity contribution in [3.05, 3.63) is 63.7 Å². The summed E-state index contributed by atoms with van der Waals surface area (Å²) in [6, 6.07) is 11.2. The van der Waals surface area contributed by atoms with Gasteiger partial charge < -0.3 is 15.4 Å². The van der Waals surface area contributed by atoms with Gasteiger partial charge in [-0.15, -0.1) is 0 Å². The summed E-state index contributed by atoms with van der Waals surface area (Å²) < 4.78 is 5.34. The van der Waals surface area contributed by atoms with Gasteiger partial charge in [0.15, 0.2) is 0 Å². The third-order valence-corrected chi connectivity index (χ3v) is 4.15. The SMILES string of the molecule is Nc1ccccc1C(=O)N/N=C\c1cc([N+](=O)[O-])ccc1N1CCOCC1. The highest BCUT2D eigenvalue weighted by Gasteiger charge is 2.17. The number of hydrogen-bond acceptors (Lipinski definition) is 7. The van der Waals surface area contributed by atoms with E-state index >= 15 is 0 Å². The Hall–Kier alpha value is -3.46. The molecule has 3 rings (SSSR count). The number of benzene rings is 2. The van der Waals surface area contributed by atoms with Gasteiger partial charge in [0.1, 0.15) is 0 Å². The normalized spacial score (nSPS) is 14.3. The van der Waals surface area contributed by atoms with Gasteiger partial charge in [0, 0.05) is 42.2 Å². The molecular formula is C18H19N5O4. The first kappa shape index (κ1) is 18.3. The van der Waals surface area contributed by atoms with Crippen LogP contribution in [0.25, 0.3) is 0 Å². The fourth-order valence-electron chi connectivity index (χ4n) is 2.78. The Morgan fingerprint density at radius 2 is 2.00 bits per heavy atom. The van der Waals surface area contributed by atoms with Gasteiger partial charge in [0.25, 0.3) is 11.6 Å². The lowest BCUT2D eigenvalue weighted by atomic mass is 10.1. The molecule has 3 N–H and O–H groups in total. The number of morpholine rings is 1. The second-order valence-electron chi connectivity index (χ2n) is 5.89. The number of carbonyl (C=O) groups is 1. The Morgan fingerprint density at radius 1 is 1.26 bits per heavy atom. The predicted octanol–water partition coefficient (Wildman–Crippen LogP) is 1.78. The van der Waals surface area contributed by atoms with Crippen molar-refractivity contribution in [3.8, 4) is 0 Å². The van der Waals surface area contributed by atoms with Crippen LogP contribution in [0.2, 0.25) is 0 Å². The molecule has 27 heavy (non-hydrogen) atoms. The Morgan fingerprint density at radius 3 is 2.70 bits per heavy atom. The standard InChI is InChI=1S/C18H19N5O4/c19-16-4-2-1-3-15(16)18(24)21-20-12-13-11-14(23(25)26)5-6-17(13)22-7-9-27-10-8-22/h1-6,11-12H,7-10,19H2,(H,21,24)/b20-12-. The molecule has 0 spiro atoms. The molecule has 1 aliphatic heterocycles. The molecule has 0 unspecified atom stereocenters. The average Bonchev–Trinajstić information content (AvgIpc) is 2.68. The molecule has 2 aromatic carbocycles. The number of ether oxygens (including phenoxy) is 1. The first-order valence-electron chi connectivity index (χ1n) is 8.35. The molecule has 2 aromatic rings. The molecule has 1 fully saturated rings. The van der Waals surface area contributed by atoms with Crippen LogP contribution in [0.4, 0.5) is 17.1 Å². The van der Waals surface area contributed by atoms with Gasteiger partial charge in [-0.05, 0) is 18.2 Å². The van der Waals surface area contributed by atoms with Crippen LogP contribution in [0.15, 0.2) is 47.6 Å². The van der Waals surface area contributed by atoms with Crippen molar-refractivity contribution in [2.24, 2.45) is 5.10 Å². The smallest absolute Gasteiger partial charge is 0.273 e. The molecule has 0 aliphatic carbocycles. The minimum Gasteiger partial charge on any atom is -0.398 e. The van der Waals surface area contributed by atoms with Gasteiger partial charge in [-0.1, -0.05) is 12.1 Å². The second kappa shape index (κ2) is 8.28. The van der Waals surface area contributed by atoms with Crippen molar-refractivity contribution in [2.75, 3.05) is 36.9 Å². The summed E-state index contributed by atoms with van der Waals surface area (Å²) in [5, 5.41) is 15.0. The number of rotatable bonds is 5. The number of hydrogen-bond donors (Lipinski definition) is 2. The molecule has 1 heterocycles. The summed E-state index contributed by atoms with van der Waals surface area (Å²) in [7, 11) is 0. The molecule has 0 atom stereocenters. The number of amides is 1. The van der Waals surface area contributed by atoms with E-state index in [-0.39, 0.29) is 5.69 Å². The molecular weight excluding hydrogens is 350 g/mol. The zero-order chi connectivity index (χ0) is 19.2. The van der Waals surface area contributed by atoms with Crippen molar-refractivity contribution >= 4 is 29.2 Å². The number of carbonyl (C=O) groups excluding carboxylic acids is 1. The van der Waals surface area contributed by atoms with E-state index in [1.54, 1.807) is 30.3 Å². The summed E-state index contributed by atoms with van der Waals surface area (Å²) in [5.41, 5.74) is 10.1. The van der Waals surface area contributed by atoms with Gasteiger partial charge in [0.2, 0.25) is 0 Å². The maximum absolute atomic E-state index is 12.2. The van der Waals surface area contributed by atoms with E-state index in [0.717, 1.165) is 5.69 Å². The Bertz CT molecular complexity index is 878. The molecule has 1 aliphatic rings. The van der Waals surface area contributed by atoms with E-state index in [2.05, 4.69) is 15.4 Å². The summed E-state index contributed by atoms with van der Waals surface area (Å²) >= 11 is 0. The number of nitrogens with one attached hydrogen (secondary N) is 1. The molecule has 140 valence electrons. The van der Waals surface area contributed by atoms with Crippen molar-refractivity contribution in [2.45, 2.75) is 0 Å². The number of nitrogen functional groups attached to an aromatic ring is 1. The first-order chi connectivity index (χ1) is 13.1. The lowest BCUT2D eigenvalue weighted by Gasteiger charge is -2.29. The quantitative estimate of drug-likeness (QED) is 0.358. The van der Waals surface area contributed by atoms with Crippen LogP contribution in [0.3, 0.4) is 0 Å². The largest absolute Gasteiger partial charge is 0.398 e. The zero-order valence-electron chi connectivity index (χ0n) is 14.5. The summed E-state index contributed by atoms with van der Waals surface area (Å²) in [6.07, 6.45) is 1.40. The van der Waals surface area contributed by atoms with Gasteiger partial charge >= 0.3 is 0 Å². The van der Waals surface area contributed by atoms with Crippen LogP contribution in [0, 0.1) is 10.1 Å².